The van der Waals surface area contributed by atoms with Crippen molar-refractivity contribution < 1.29 is 9.53 Å². The van der Waals surface area contributed by atoms with E-state index in [0.29, 0.717) is 13.1 Å². The minimum Gasteiger partial charge on any atom is -0.369 e. The third kappa shape index (κ3) is 5.75. The Kier molecular flexibility index (Phi) is 6.21. The molecule has 0 aliphatic carbocycles. The molecule has 0 fully saturated rings. The number of likely N-dealkylation sites (N-methyl/N-ethyl adjacent to an activating group) is 1. The van der Waals surface area contributed by atoms with Crippen LogP contribution in [0.4, 0.5) is 0 Å². The van der Waals surface area contributed by atoms with Gasteiger partial charge in [-0.15, -0.1) is 0 Å². The minimum atomic E-state index is 0.0317. The van der Waals surface area contributed by atoms with Crippen LogP contribution < -0.4 is 0 Å². The van der Waals surface area contributed by atoms with Gasteiger partial charge < -0.3 is 9.64 Å². The molecule has 0 aromatic carbocycles. The van der Waals surface area contributed by atoms with E-state index in [2.05, 4.69) is 6.58 Å². The minimum absolute atomic E-state index is 0.0317. The Labute approximate surface area is 86.7 Å². The van der Waals surface area contributed by atoms with Crippen molar-refractivity contribution in [3.8, 4) is 0 Å². The summed E-state index contributed by atoms with van der Waals surface area (Å²) in [6, 6.07) is 0. The maximum absolute atomic E-state index is 11.6. The van der Waals surface area contributed by atoms with Crippen molar-refractivity contribution in [2.75, 3.05) is 19.7 Å². The predicted molar refractivity (Wildman–Crippen MR) is 58.2 cm³/mol. The van der Waals surface area contributed by atoms with E-state index in [-0.39, 0.29) is 18.6 Å². The SMILES string of the molecule is C=C(C)CN(CC)C(=O)COC(C)C. The van der Waals surface area contributed by atoms with E-state index in [4.69, 9.17) is 4.74 Å². The molecule has 0 aliphatic rings. The molecule has 0 saturated heterocycles. The first-order valence-electron chi connectivity index (χ1n) is 5.01. The largest absolute Gasteiger partial charge is 0.369 e. The molecule has 14 heavy (non-hydrogen) atoms. The van der Waals surface area contributed by atoms with Gasteiger partial charge in [-0.1, -0.05) is 12.2 Å². The van der Waals surface area contributed by atoms with Crippen molar-refractivity contribution in [3.63, 3.8) is 0 Å². The summed E-state index contributed by atoms with van der Waals surface area (Å²) >= 11 is 0. The van der Waals surface area contributed by atoms with Gasteiger partial charge in [-0.2, -0.15) is 0 Å². The molecule has 0 atom stereocenters. The van der Waals surface area contributed by atoms with Gasteiger partial charge in [0.25, 0.3) is 0 Å². The number of ether oxygens (including phenoxy) is 1. The lowest BCUT2D eigenvalue weighted by Gasteiger charge is -2.21. The van der Waals surface area contributed by atoms with Crippen LogP contribution >= 0.6 is 0 Å². The van der Waals surface area contributed by atoms with E-state index >= 15 is 0 Å². The Hall–Kier alpha value is -0.830. The summed E-state index contributed by atoms with van der Waals surface area (Å²) in [6.45, 7) is 13.0. The van der Waals surface area contributed by atoms with Gasteiger partial charge in [0.15, 0.2) is 0 Å². The van der Waals surface area contributed by atoms with E-state index in [1.165, 1.54) is 0 Å². The first kappa shape index (κ1) is 13.2. The van der Waals surface area contributed by atoms with Crippen LogP contribution in [0.2, 0.25) is 0 Å². The molecular formula is C11H21NO2. The average molecular weight is 199 g/mol. The molecule has 0 spiro atoms. The van der Waals surface area contributed by atoms with Crippen LogP contribution in [0, 0.1) is 0 Å². The Bertz CT molecular complexity index is 199. The molecule has 3 nitrogen and oxygen atoms in total. The number of hydrogen-bond donors (Lipinski definition) is 0. The van der Waals surface area contributed by atoms with Crippen LogP contribution in [0.1, 0.15) is 27.7 Å². The maximum atomic E-state index is 11.6. The zero-order valence-electron chi connectivity index (χ0n) is 9.67. The third-order valence-corrected chi connectivity index (χ3v) is 1.74. The molecule has 0 heterocycles. The fourth-order valence-corrected chi connectivity index (χ4v) is 1.03. The standard InChI is InChI=1S/C11H21NO2/c1-6-12(7-9(2)3)11(13)8-14-10(4)5/h10H,2,6-8H2,1,3-5H3. The molecular weight excluding hydrogens is 178 g/mol. The number of carbonyl (C=O) groups excluding carboxylic acids is 1. The van der Waals surface area contributed by atoms with Gasteiger partial charge in [0.05, 0.1) is 6.10 Å². The zero-order valence-corrected chi connectivity index (χ0v) is 9.67. The molecule has 82 valence electrons. The van der Waals surface area contributed by atoms with Gasteiger partial charge in [0.1, 0.15) is 6.61 Å². The Balaban J connectivity index is 3.98. The molecule has 0 rings (SSSR count). The second kappa shape index (κ2) is 6.60. The lowest BCUT2D eigenvalue weighted by atomic mass is 10.3. The third-order valence-electron chi connectivity index (χ3n) is 1.74. The first-order valence-corrected chi connectivity index (χ1v) is 5.01. The number of amides is 1. The van der Waals surface area contributed by atoms with Gasteiger partial charge in [-0.05, 0) is 27.7 Å². The second-order valence-electron chi connectivity index (χ2n) is 3.72. The van der Waals surface area contributed by atoms with Crippen LogP contribution in [-0.2, 0) is 9.53 Å². The molecule has 0 aromatic rings. The number of rotatable bonds is 6. The fraction of sp³-hybridized carbons (Fsp3) is 0.727. The highest BCUT2D eigenvalue weighted by atomic mass is 16.5. The zero-order chi connectivity index (χ0) is 11.1. The van der Waals surface area contributed by atoms with Gasteiger partial charge in [-0.3, -0.25) is 4.79 Å². The molecule has 0 N–H and O–H groups in total. The van der Waals surface area contributed by atoms with Crippen molar-refractivity contribution in [2.24, 2.45) is 0 Å². The fourth-order valence-electron chi connectivity index (χ4n) is 1.03. The molecule has 1 amide bonds. The Morgan fingerprint density at radius 2 is 2.07 bits per heavy atom. The molecule has 0 aliphatic heterocycles. The smallest absolute Gasteiger partial charge is 0.248 e. The van der Waals surface area contributed by atoms with Crippen molar-refractivity contribution in [1.82, 2.24) is 4.90 Å². The van der Waals surface area contributed by atoms with Gasteiger partial charge >= 0.3 is 0 Å². The lowest BCUT2D eigenvalue weighted by molar-refractivity contribution is -0.136. The van der Waals surface area contributed by atoms with Gasteiger partial charge in [0, 0.05) is 13.1 Å². The van der Waals surface area contributed by atoms with Gasteiger partial charge in [-0.25, -0.2) is 0 Å². The van der Waals surface area contributed by atoms with E-state index < -0.39 is 0 Å². The molecule has 0 aromatic heterocycles. The summed E-state index contributed by atoms with van der Waals surface area (Å²) in [5.41, 5.74) is 0.991. The van der Waals surface area contributed by atoms with Crippen LogP contribution in [0.5, 0.6) is 0 Å². The first-order chi connectivity index (χ1) is 6.47. The van der Waals surface area contributed by atoms with E-state index in [9.17, 15) is 4.79 Å². The lowest BCUT2D eigenvalue weighted by Crippen LogP contribution is -2.35. The molecule has 0 saturated carbocycles. The normalized spacial score (nSPS) is 10.4. The molecule has 3 heteroatoms. The average Bonchev–Trinajstić information content (AvgIpc) is 2.09. The Morgan fingerprint density at radius 1 is 1.50 bits per heavy atom. The summed E-state index contributed by atoms with van der Waals surface area (Å²) in [5, 5.41) is 0. The topological polar surface area (TPSA) is 29.5 Å². The van der Waals surface area contributed by atoms with E-state index in [1.54, 1.807) is 4.90 Å². The van der Waals surface area contributed by atoms with Crippen LogP contribution in [0.15, 0.2) is 12.2 Å². The van der Waals surface area contributed by atoms with Gasteiger partial charge in [0.2, 0.25) is 5.91 Å². The number of nitrogens with zero attached hydrogens (tertiary/aromatic N) is 1. The van der Waals surface area contributed by atoms with Crippen molar-refractivity contribution in [2.45, 2.75) is 33.8 Å². The highest BCUT2D eigenvalue weighted by Crippen LogP contribution is 1.98. The summed E-state index contributed by atoms with van der Waals surface area (Å²) < 4.78 is 5.25. The summed E-state index contributed by atoms with van der Waals surface area (Å²) in [6.07, 6.45) is 0.0995. The van der Waals surface area contributed by atoms with Crippen LogP contribution in [0.3, 0.4) is 0 Å². The summed E-state index contributed by atoms with van der Waals surface area (Å²) in [5.74, 6) is 0.0317. The summed E-state index contributed by atoms with van der Waals surface area (Å²) in [4.78, 5) is 13.3. The molecule has 0 unspecified atom stereocenters. The number of hydrogen-bond acceptors (Lipinski definition) is 2. The highest BCUT2D eigenvalue weighted by Gasteiger charge is 2.11. The molecule has 0 radical (unpaired) electrons. The van der Waals surface area contributed by atoms with Crippen LogP contribution in [-0.4, -0.2) is 36.6 Å². The highest BCUT2D eigenvalue weighted by molar-refractivity contribution is 5.77. The van der Waals surface area contributed by atoms with Crippen molar-refractivity contribution in [3.05, 3.63) is 12.2 Å². The number of carbonyl (C=O) groups is 1. The maximum Gasteiger partial charge on any atom is 0.248 e. The predicted octanol–water partition coefficient (Wildman–Crippen LogP) is 1.84. The molecule has 0 bridgehead atoms. The second-order valence-corrected chi connectivity index (χ2v) is 3.72. The Morgan fingerprint density at radius 3 is 2.43 bits per heavy atom. The summed E-state index contributed by atoms with van der Waals surface area (Å²) in [7, 11) is 0. The van der Waals surface area contributed by atoms with E-state index in [0.717, 1.165) is 5.57 Å². The monoisotopic (exact) mass is 199 g/mol. The van der Waals surface area contributed by atoms with Crippen molar-refractivity contribution in [1.29, 1.82) is 0 Å². The quantitative estimate of drug-likeness (QED) is 0.611. The van der Waals surface area contributed by atoms with Crippen molar-refractivity contribution >= 4 is 5.91 Å². The van der Waals surface area contributed by atoms with Crippen LogP contribution in [0.25, 0.3) is 0 Å². The van der Waals surface area contributed by atoms with E-state index in [1.807, 2.05) is 27.7 Å².